The topological polar surface area (TPSA) is 20.3 Å². The Morgan fingerprint density at radius 2 is 2.43 bits per heavy atom. The first kappa shape index (κ1) is 6.50. The van der Waals surface area contributed by atoms with Gasteiger partial charge < -0.3 is 0 Å². The van der Waals surface area contributed by atoms with Crippen molar-refractivity contribution in [2.24, 2.45) is 0 Å². The molecule has 40 valence electrons. The minimum atomic E-state index is -0.290. The highest BCUT2D eigenvalue weighted by atomic mass is 35.5. The second kappa shape index (κ2) is 2.64. The van der Waals surface area contributed by atoms with Crippen molar-refractivity contribution in [2.75, 3.05) is 7.05 Å². The van der Waals surface area contributed by atoms with E-state index in [1.54, 1.807) is 0 Å². The van der Waals surface area contributed by atoms with Crippen LogP contribution < -0.4 is 0 Å². The lowest BCUT2D eigenvalue weighted by Crippen LogP contribution is -2.11. The standard InChI is InChI=1S/C4H6ClNO/c1-3-4(7)6(2)5/h3H,1H2,2H3. The zero-order valence-corrected chi connectivity index (χ0v) is 4.77. The molecule has 0 aromatic carbocycles. The van der Waals surface area contributed by atoms with Gasteiger partial charge in [0.15, 0.2) is 0 Å². The van der Waals surface area contributed by atoms with E-state index in [9.17, 15) is 4.79 Å². The molecule has 0 aromatic heterocycles. The quantitative estimate of drug-likeness (QED) is 0.369. The van der Waals surface area contributed by atoms with Gasteiger partial charge in [0.1, 0.15) is 0 Å². The van der Waals surface area contributed by atoms with Gasteiger partial charge in [-0.2, -0.15) is 0 Å². The van der Waals surface area contributed by atoms with Gasteiger partial charge >= 0.3 is 0 Å². The number of carbonyl (C=O) groups is 1. The monoisotopic (exact) mass is 119 g/mol. The molecular formula is C4H6ClNO. The third-order valence-electron chi connectivity index (χ3n) is 0.478. The lowest BCUT2D eigenvalue weighted by atomic mass is 10.6. The molecule has 0 saturated heterocycles. The zero-order chi connectivity index (χ0) is 5.86. The Balaban J connectivity index is 3.56. The van der Waals surface area contributed by atoms with E-state index < -0.39 is 0 Å². The van der Waals surface area contributed by atoms with Crippen molar-refractivity contribution in [3.63, 3.8) is 0 Å². The fourth-order valence-electron chi connectivity index (χ4n) is 0.126. The van der Waals surface area contributed by atoms with E-state index in [2.05, 4.69) is 6.58 Å². The number of nitrogens with zero attached hydrogens (tertiary/aromatic N) is 1. The molecule has 0 saturated carbocycles. The molecule has 3 heteroatoms. The van der Waals surface area contributed by atoms with E-state index in [4.69, 9.17) is 11.8 Å². The fraction of sp³-hybridized carbons (Fsp3) is 0.250. The first-order valence-corrected chi connectivity index (χ1v) is 2.08. The van der Waals surface area contributed by atoms with Crippen molar-refractivity contribution in [1.29, 1.82) is 0 Å². The van der Waals surface area contributed by atoms with Crippen LogP contribution in [0.5, 0.6) is 0 Å². The summed E-state index contributed by atoms with van der Waals surface area (Å²) >= 11 is 5.14. The third kappa shape index (κ3) is 2.23. The predicted octanol–water partition coefficient (Wildman–Crippen LogP) is 0.785. The maximum Gasteiger partial charge on any atom is 0.260 e. The van der Waals surface area contributed by atoms with Gasteiger partial charge in [-0.25, -0.2) is 0 Å². The van der Waals surface area contributed by atoms with Gasteiger partial charge in [0.05, 0.1) is 0 Å². The molecular weight excluding hydrogens is 114 g/mol. The van der Waals surface area contributed by atoms with Crippen molar-refractivity contribution in [3.05, 3.63) is 12.7 Å². The second-order valence-electron chi connectivity index (χ2n) is 1.02. The lowest BCUT2D eigenvalue weighted by Gasteiger charge is -1.98. The van der Waals surface area contributed by atoms with Crippen molar-refractivity contribution in [2.45, 2.75) is 0 Å². The Morgan fingerprint density at radius 1 is 2.00 bits per heavy atom. The SMILES string of the molecule is C=CC(=O)N(C)Cl. The van der Waals surface area contributed by atoms with Crippen LogP contribution in [0, 0.1) is 0 Å². The van der Waals surface area contributed by atoms with Crippen LogP contribution in [-0.4, -0.2) is 17.4 Å². The zero-order valence-electron chi connectivity index (χ0n) is 4.02. The summed E-state index contributed by atoms with van der Waals surface area (Å²) in [6.45, 7) is 3.21. The smallest absolute Gasteiger partial charge is 0.260 e. The van der Waals surface area contributed by atoms with Crippen LogP contribution in [-0.2, 0) is 4.79 Å². The fourth-order valence-corrected chi connectivity index (χ4v) is 0.195. The molecule has 7 heavy (non-hydrogen) atoms. The summed E-state index contributed by atoms with van der Waals surface area (Å²) in [4.78, 5) is 10.2. The normalized spacial score (nSPS) is 7.71. The number of amides is 1. The van der Waals surface area contributed by atoms with Gasteiger partial charge in [-0.15, -0.1) is 0 Å². The molecule has 0 heterocycles. The summed E-state index contributed by atoms with van der Waals surface area (Å²) in [5.41, 5.74) is 0. The molecule has 0 fully saturated rings. The summed E-state index contributed by atoms with van der Waals surface area (Å²) in [5, 5.41) is 0. The number of hydrogen-bond acceptors (Lipinski definition) is 1. The van der Waals surface area contributed by atoms with Crippen LogP contribution >= 0.6 is 11.8 Å². The van der Waals surface area contributed by atoms with E-state index >= 15 is 0 Å². The minimum absolute atomic E-state index is 0.290. The number of hydrogen-bond donors (Lipinski definition) is 0. The number of halogens is 1. The second-order valence-corrected chi connectivity index (χ2v) is 1.53. The molecule has 0 atom stereocenters. The van der Waals surface area contributed by atoms with Gasteiger partial charge in [-0.1, -0.05) is 6.58 Å². The maximum absolute atomic E-state index is 10.2. The van der Waals surface area contributed by atoms with Crippen molar-refractivity contribution in [3.8, 4) is 0 Å². The summed E-state index contributed by atoms with van der Waals surface area (Å²) in [5.74, 6) is -0.290. The molecule has 0 aromatic rings. The lowest BCUT2D eigenvalue weighted by molar-refractivity contribution is -0.120. The molecule has 1 amide bonds. The number of carbonyl (C=O) groups excluding carboxylic acids is 1. The first-order chi connectivity index (χ1) is 3.18. The van der Waals surface area contributed by atoms with Crippen molar-refractivity contribution < 1.29 is 4.79 Å². The van der Waals surface area contributed by atoms with Crippen molar-refractivity contribution >= 4 is 17.7 Å². The first-order valence-electron chi connectivity index (χ1n) is 1.74. The molecule has 0 rings (SSSR count). The van der Waals surface area contributed by atoms with Crippen LogP contribution in [0.2, 0.25) is 0 Å². The molecule has 0 aliphatic rings. The van der Waals surface area contributed by atoms with Crippen LogP contribution in [0.4, 0.5) is 0 Å². The Morgan fingerprint density at radius 3 is 2.43 bits per heavy atom. The van der Waals surface area contributed by atoms with Gasteiger partial charge in [-0.05, 0) is 6.08 Å². The Kier molecular flexibility index (Phi) is 2.45. The van der Waals surface area contributed by atoms with Gasteiger partial charge in [0.2, 0.25) is 0 Å². The van der Waals surface area contributed by atoms with E-state index in [1.165, 1.54) is 7.05 Å². The summed E-state index contributed by atoms with van der Waals surface area (Å²) in [6, 6.07) is 0. The summed E-state index contributed by atoms with van der Waals surface area (Å²) < 4.78 is 0.938. The molecule has 0 unspecified atom stereocenters. The third-order valence-corrected chi connectivity index (χ3v) is 0.645. The summed E-state index contributed by atoms with van der Waals surface area (Å²) in [6.07, 6.45) is 1.15. The highest BCUT2D eigenvalue weighted by molar-refractivity contribution is 6.22. The maximum atomic E-state index is 10.2. The average molecular weight is 120 g/mol. The van der Waals surface area contributed by atoms with E-state index in [-0.39, 0.29) is 5.91 Å². The molecule has 0 aliphatic carbocycles. The molecule has 0 aliphatic heterocycles. The Bertz CT molecular complexity index is 89.7. The molecule has 0 N–H and O–H groups in total. The summed E-state index contributed by atoms with van der Waals surface area (Å²) in [7, 11) is 1.45. The van der Waals surface area contributed by atoms with E-state index in [1.807, 2.05) is 0 Å². The minimum Gasteiger partial charge on any atom is -0.268 e. The number of rotatable bonds is 1. The number of likely N-dealkylation sites (N-methyl/N-ethyl adjacent to an activating group) is 1. The largest absolute Gasteiger partial charge is 0.268 e. The average Bonchev–Trinajstić information content (AvgIpc) is 1.65. The Labute approximate surface area is 47.5 Å². The predicted molar refractivity (Wildman–Crippen MR) is 28.8 cm³/mol. The highest BCUT2D eigenvalue weighted by Crippen LogP contribution is 1.87. The van der Waals surface area contributed by atoms with Crippen LogP contribution in [0.3, 0.4) is 0 Å². The van der Waals surface area contributed by atoms with Crippen LogP contribution in [0.15, 0.2) is 12.7 Å². The van der Waals surface area contributed by atoms with Gasteiger partial charge in [0.25, 0.3) is 5.91 Å². The molecule has 0 spiro atoms. The molecule has 0 bridgehead atoms. The van der Waals surface area contributed by atoms with E-state index in [0.29, 0.717) is 0 Å². The molecule has 2 nitrogen and oxygen atoms in total. The van der Waals surface area contributed by atoms with Crippen molar-refractivity contribution in [1.82, 2.24) is 4.42 Å². The highest BCUT2D eigenvalue weighted by Gasteiger charge is 1.94. The van der Waals surface area contributed by atoms with E-state index in [0.717, 1.165) is 10.5 Å². The Hall–Kier alpha value is -0.500. The van der Waals surface area contributed by atoms with Crippen LogP contribution in [0.25, 0.3) is 0 Å². The van der Waals surface area contributed by atoms with Crippen LogP contribution in [0.1, 0.15) is 0 Å². The van der Waals surface area contributed by atoms with Gasteiger partial charge in [0, 0.05) is 18.8 Å². The molecule has 0 radical (unpaired) electrons. The van der Waals surface area contributed by atoms with Gasteiger partial charge in [-0.3, -0.25) is 9.21 Å².